The third-order valence-corrected chi connectivity index (χ3v) is 4.36. The van der Waals surface area contributed by atoms with Crippen molar-refractivity contribution in [3.63, 3.8) is 0 Å². The van der Waals surface area contributed by atoms with E-state index in [0.29, 0.717) is 12.2 Å². The molecule has 0 fully saturated rings. The standard InChI is InChI=1S/C23H25N3O/c1-25(2)16-19-11-7-12-20(15-19)21-13-8-14-24-22(21)23(27)26(3)17-18-9-5-4-6-10-18/h4-15H,16-17H2,1-3H3. The molecular weight excluding hydrogens is 334 g/mol. The van der Waals surface area contributed by atoms with E-state index >= 15 is 0 Å². The quantitative estimate of drug-likeness (QED) is 0.665. The van der Waals surface area contributed by atoms with E-state index in [1.165, 1.54) is 5.56 Å². The van der Waals surface area contributed by atoms with E-state index in [0.717, 1.165) is 23.2 Å². The maximum Gasteiger partial charge on any atom is 0.273 e. The van der Waals surface area contributed by atoms with Crippen LogP contribution in [0.5, 0.6) is 0 Å². The molecule has 3 rings (SSSR count). The molecule has 3 aromatic rings. The monoisotopic (exact) mass is 359 g/mol. The number of rotatable bonds is 6. The second-order valence-corrected chi connectivity index (χ2v) is 6.98. The Balaban J connectivity index is 1.88. The van der Waals surface area contributed by atoms with Crippen molar-refractivity contribution in [2.45, 2.75) is 13.1 Å². The highest BCUT2D eigenvalue weighted by Gasteiger charge is 2.18. The molecule has 0 saturated carbocycles. The normalized spacial score (nSPS) is 10.8. The van der Waals surface area contributed by atoms with Crippen molar-refractivity contribution < 1.29 is 4.79 Å². The van der Waals surface area contributed by atoms with Crippen LogP contribution in [0, 0.1) is 0 Å². The number of benzene rings is 2. The molecule has 138 valence electrons. The molecule has 0 bridgehead atoms. The number of hydrogen-bond acceptors (Lipinski definition) is 3. The molecule has 4 nitrogen and oxygen atoms in total. The molecule has 4 heteroatoms. The van der Waals surface area contributed by atoms with E-state index in [1.54, 1.807) is 11.1 Å². The van der Waals surface area contributed by atoms with Crippen LogP contribution >= 0.6 is 0 Å². The van der Waals surface area contributed by atoms with Crippen molar-refractivity contribution in [3.8, 4) is 11.1 Å². The number of pyridine rings is 1. The molecule has 0 unspecified atom stereocenters. The Morgan fingerprint density at radius 3 is 2.33 bits per heavy atom. The Hall–Kier alpha value is -2.98. The summed E-state index contributed by atoms with van der Waals surface area (Å²) in [5.74, 6) is -0.0764. The highest BCUT2D eigenvalue weighted by molar-refractivity contribution is 5.98. The van der Waals surface area contributed by atoms with E-state index in [-0.39, 0.29) is 5.91 Å². The molecule has 1 aromatic heterocycles. The van der Waals surface area contributed by atoms with Crippen molar-refractivity contribution in [1.82, 2.24) is 14.8 Å². The Kier molecular flexibility index (Phi) is 5.99. The first kappa shape index (κ1) is 18.8. The van der Waals surface area contributed by atoms with Gasteiger partial charge in [-0.25, -0.2) is 0 Å². The first-order chi connectivity index (χ1) is 13.0. The van der Waals surface area contributed by atoms with Crippen LogP contribution in [0.2, 0.25) is 0 Å². The number of nitrogens with zero attached hydrogens (tertiary/aromatic N) is 3. The second-order valence-electron chi connectivity index (χ2n) is 6.98. The van der Waals surface area contributed by atoms with E-state index in [2.05, 4.69) is 22.0 Å². The third kappa shape index (κ3) is 4.80. The second kappa shape index (κ2) is 8.60. The first-order valence-corrected chi connectivity index (χ1v) is 9.03. The molecule has 0 aliphatic heterocycles. The zero-order chi connectivity index (χ0) is 19.2. The largest absolute Gasteiger partial charge is 0.336 e. The summed E-state index contributed by atoms with van der Waals surface area (Å²) >= 11 is 0. The molecule has 2 aromatic carbocycles. The fraction of sp³-hybridized carbons (Fsp3) is 0.217. The minimum absolute atomic E-state index is 0.0764. The summed E-state index contributed by atoms with van der Waals surface area (Å²) in [6, 6.07) is 22.1. The molecule has 1 amide bonds. The highest BCUT2D eigenvalue weighted by atomic mass is 16.2. The summed E-state index contributed by atoms with van der Waals surface area (Å²) in [6.07, 6.45) is 1.68. The predicted octanol–water partition coefficient (Wildman–Crippen LogP) is 4.08. The molecule has 1 heterocycles. The third-order valence-electron chi connectivity index (χ3n) is 4.36. The fourth-order valence-corrected chi connectivity index (χ4v) is 3.12. The maximum atomic E-state index is 13.1. The van der Waals surface area contributed by atoms with E-state index < -0.39 is 0 Å². The van der Waals surface area contributed by atoms with Crippen molar-refractivity contribution in [3.05, 3.63) is 89.7 Å². The molecule has 0 spiro atoms. The van der Waals surface area contributed by atoms with Gasteiger partial charge in [0.2, 0.25) is 0 Å². The summed E-state index contributed by atoms with van der Waals surface area (Å²) < 4.78 is 0. The molecule has 27 heavy (non-hydrogen) atoms. The van der Waals surface area contributed by atoms with Gasteiger partial charge in [0.15, 0.2) is 0 Å². The van der Waals surface area contributed by atoms with Gasteiger partial charge in [-0.3, -0.25) is 9.78 Å². The van der Waals surface area contributed by atoms with Gasteiger partial charge in [0.05, 0.1) is 0 Å². The van der Waals surface area contributed by atoms with Gasteiger partial charge < -0.3 is 9.80 Å². The van der Waals surface area contributed by atoms with Gasteiger partial charge in [0, 0.05) is 31.9 Å². The van der Waals surface area contributed by atoms with Gasteiger partial charge in [0.25, 0.3) is 5.91 Å². The van der Waals surface area contributed by atoms with Crippen molar-refractivity contribution >= 4 is 5.91 Å². The van der Waals surface area contributed by atoms with Gasteiger partial charge >= 0.3 is 0 Å². The SMILES string of the molecule is CN(C)Cc1cccc(-c2cccnc2C(=O)N(C)Cc2ccccc2)c1. The minimum Gasteiger partial charge on any atom is -0.336 e. The highest BCUT2D eigenvalue weighted by Crippen LogP contribution is 2.25. The number of amides is 1. The fourth-order valence-electron chi connectivity index (χ4n) is 3.12. The summed E-state index contributed by atoms with van der Waals surface area (Å²) in [5, 5.41) is 0. The average molecular weight is 359 g/mol. The van der Waals surface area contributed by atoms with Crippen LogP contribution in [0.1, 0.15) is 21.6 Å². The summed E-state index contributed by atoms with van der Waals surface area (Å²) in [4.78, 5) is 21.3. The van der Waals surface area contributed by atoms with Crippen LogP contribution in [0.25, 0.3) is 11.1 Å². The smallest absolute Gasteiger partial charge is 0.273 e. The van der Waals surface area contributed by atoms with Crippen LogP contribution in [0.15, 0.2) is 72.9 Å². The van der Waals surface area contributed by atoms with Crippen LogP contribution in [0.4, 0.5) is 0 Å². The summed E-state index contributed by atoms with van der Waals surface area (Å²) in [6.45, 7) is 1.40. The number of hydrogen-bond donors (Lipinski definition) is 0. The lowest BCUT2D eigenvalue weighted by molar-refractivity contribution is 0.0780. The maximum absolute atomic E-state index is 13.1. The Morgan fingerprint density at radius 1 is 0.852 bits per heavy atom. The summed E-state index contributed by atoms with van der Waals surface area (Å²) in [7, 11) is 5.91. The molecule has 0 N–H and O–H groups in total. The molecule has 0 saturated heterocycles. The van der Waals surface area contributed by atoms with Gasteiger partial charge in [-0.15, -0.1) is 0 Å². The van der Waals surface area contributed by atoms with E-state index in [9.17, 15) is 4.79 Å². The van der Waals surface area contributed by atoms with Gasteiger partial charge in [0.1, 0.15) is 5.69 Å². The van der Waals surface area contributed by atoms with Crippen LogP contribution in [-0.4, -0.2) is 41.8 Å². The van der Waals surface area contributed by atoms with Gasteiger partial charge in [-0.2, -0.15) is 0 Å². The number of carbonyl (C=O) groups is 1. The van der Waals surface area contributed by atoms with Crippen molar-refractivity contribution in [2.24, 2.45) is 0 Å². The van der Waals surface area contributed by atoms with Gasteiger partial charge in [-0.05, 0) is 42.9 Å². The zero-order valence-electron chi connectivity index (χ0n) is 16.1. The topological polar surface area (TPSA) is 36.4 Å². The van der Waals surface area contributed by atoms with Crippen LogP contribution in [-0.2, 0) is 13.1 Å². The molecule has 0 aliphatic carbocycles. The minimum atomic E-state index is -0.0764. The Bertz CT molecular complexity index is 906. The van der Waals surface area contributed by atoms with Crippen molar-refractivity contribution in [1.29, 1.82) is 0 Å². The first-order valence-electron chi connectivity index (χ1n) is 9.03. The summed E-state index contributed by atoms with van der Waals surface area (Å²) in [5.41, 5.74) is 4.66. The molecule has 0 radical (unpaired) electrons. The lowest BCUT2D eigenvalue weighted by Gasteiger charge is -2.19. The molecule has 0 atom stereocenters. The number of aromatic nitrogens is 1. The van der Waals surface area contributed by atoms with E-state index in [1.807, 2.05) is 75.7 Å². The van der Waals surface area contributed by atoms with E-state index in [4.69, 9.17) is 0 Å². The van der Waals surface area contributed by atoms with Crippen LogP contribution < -0.4 is 0 Å². The van der Waals surface area contributed by atoms with Crippen LogP contribution in [0.3, 0.4) is 0 Å². The van der Waals surface area contributed by atoms with Gasteiger partial charge in [-0.1, -0.05) is 54.6 Å². The molecule has 0 aliphatic rings. The Morgan fingerprint density at radius 2 is 1.59 bits per heavy atom. The average Bonchev–Trinajstić information content (AvgIpc) is 2.68. The zero-order valence-corrected chi connectivity index (χ0v) is 16.1. The lowest BCUT2D eigenvalue weighted by atomic mass is 10.0. The number of carbonyl (C=O) groups excluding carboxylic acids is 1. The predicted molar refractivity (Wildman–Crippen MR) is 109 cm³/mol. The Labute approximate surface area is 161 Å². The lowest BCUT2D eigenvalue weighted by Crippen LogP contribution is -2.27. The molecular formula is C23H25N3O. The van der Waals surface area contributed by atoms with Crippen molar-refractivity contribution in [2.75, 3.05) is 21.1 Å².